The zero-order chi connectivity index (χ0) is 14.0. The van der Waals surface area contributed by atoms with Crippen molar-refractivity contribution in [2.75, 3.05) is 13.7 Å². The summed E-state index contributed by atoms with van der Waals surface area (Å²) in [6.45, 7) is 0.161. The second-order valence-corrected chi connectivity index (χ2v) is 4.04. The molecule has 1 aromatic rings. The minimum atomic E-state index is -1.48. The predicted octanol–water partition coefficient (Wildman–Crippen LogP) is -2.27. The predicted molar refractivity (Wildman–Crippen MR) is 60.2 cm³/mol. The molecule has 1 aliphatic rings. The Kier molecular flexibility index (Phi) is 4.12. The summed E-state index contributed by atoms with van der Waals surface area (Å²) >= 11 is 0. The van der Waals surface area contributed by atoms with Gasteiger partial charge in [-0.15, -0.1) is 0 Å². The molecule has 0 amide bonds. The highest BCUT2D eigenvalue weighted by atomic mass is 17.2. The van der Waals surface area contributed by atoms with Crippen molar-refractivity contribution in [3.63, 3.8) is 0 Å². The molecule has 9 nitrogen and oxygen atoms in total. The van der Waals surface area contributed by atoms with Crippen LogP contribution in [0.4, 0.5) is 0 Å². The molecule has 106 valence electrons. The lowest BCUT2D eigenvalue weighted by atomic mass is 10.1. The van der Waals surface area contributed by atoms with Crippen molar-refractivity contribution in [1.29, 1.82) is 0 Å². The van der Waals surface area contributed by atoms with Gasteiger partial charge in [0.2, 0.25) is 0 Å². The fourth-order valence-electron chi connectivity index (χ4n) is 1.75. The van der Waals surface area contributed by atoms with E-state index < -0.39 is 35.8 Å². The quantitative estimate of drug-likeness (QED) is 0.517. The molecule has 19 heavy (non-hydrogen) atoms. The molecular formula is C10H14N2O7. The Bertz CT molecular complexity index is 535. The molecule has 1 aliphatic heterocycles. The molecule has 2 heterocycles. The van der Waals surface area contributed by atoms with Crippen LogP contribution in [-0.4, -0.2) is 51.8 Å². The Hall–Kier alpha value is -1.52. The zero-order valence-electron chi connectivity index (χ0n) is 10.1. The molecule has 4 atom stereocenters. The molecule has 0 bridgehead atoms. The first-order valence-electron chi connectivity index (χ1n) is 5.53. The van der Waals surface area contributed by atoms with Crippen LogP contribution in [0, 0.1) is 0 Å². The summed E-state index contributed by atoms with van der Waals surface area (Å²) in [4.78, 5) is 33.5. The molecule has 0 aliphatic carbocycles. The molecule has 0 saturated carbocycles. The maximum Gasteiger partial charge on any atom is 0.330 e. The summed E-state index contributed by atoms with van der Waals surface area (Å²) < 4.78 is 5.83. The normalized spacial score (nSPS) is 23.4. The van der Waals surface area contributed by atoms with Gasteiger partial charge in [0.15, 0.2) is 6.23 Å². The van der Waals surface area contributed by atoms with Gasteiger partial charge >= 0.3 is 5.69 Å². The Morgan fingerprint density at radius 3 is 2.68 bits per heavy atom. The smallest absolute Gasteiger partial charge is 0.330 e. The summed E-state index contributed by atoms with van der Waals surface area (Å²) in [5.74, 6) is 0. The van der Waals surface area contributed by atoms with Crippen LogP contribution in [0.5, 0.6) is 0 Å². The van der Waals surface area contributed by atoms with Crippen molar-refractivity contribution in [1.82, 2.24) is 9.55 Å². The van der Waals surface area contributed by atoms with Crippen molar-refractivity contribution in [2.24, 2.45) is 0 Å². The van der Waals surface area contributed by atoms with E-state index in [1.807, 2.05) is 4.98 Å². The first kappa shape index (κ1) is 13.9. The summed E-state index contributed by atoms with van der Waals surface area (Å²) in [7, 11) is 1.27. The van der Waals surface area contributed by atoms with E-state index in [9.17, 15) is 19.8 Å². The lowest BCUT2D eigenvalue weighted by molar-refractivity contribution is -0.443. The van der Waals surface area contributed by atoms with Crippen LogP contribution in [0.15, 0.2) is 21.9 Å². The molecule has 3 N–H and O–H groups in total. The fourth-order valence-corrected chi connectivity index (χ4v) is 1.75. The molecule has 9 heteroatoms. The Labute approximate surface area is 106 Å². The number of aromatic amines is 1. The lowest BCUT2D eigenvalue weighted by Crippen LogP contribution is -2.52. The second-order valence-electron chi connectivity index (χ2n) is 4.04. The van der Waals surface area contributed by atoms with Crippen molar-refractivity contribution < 1.29 is 24.7 Å². The second kappa shape index (κ2) is 5.63. The van der Waals surface area contributed by atoms with E-state index in [1.54, 1.807) is 0 Å². The van der Waals surface area contributed by atoms with Gasteiger partial charge in [-0.3, -0.25) is 14.3 Å². The number of H-pyrrole nitrogens is 1. The summed E-state index contributed by atoms with van der Waals surface area (Å²) in [5, 5.41) is 20.0. The van der Waals surface area contributed by atoms with Crippen molar-refractivity contribution in [3.8, 4) is 0 Å². The van der Waals surface area contributed by atoms with Gasteiger partial charge in [0.05, 0.1) is 0 Å². The maximum atomic E-state index is 11.5. The molecule has 1 saturated heterocycles. The van der Waals surface area contributed by atoms with Crippen molar-refractivity contribution in [3.05, 3.63) is 33.1 Å². The topological polar surface area (TPSA) is 123 Å². The minimum Gasteiger partial charge on any atom is -0.387 e. The van der Waals surface area contributed by atoms with E-state index >= 15 is 0 Å². The molecular weight excluding hydrogens is 260 g/mol. The number of hydrogen-bond donors (Lipinski definition) is 3. The van der Waals surface area contributed by atoms with Crippen LogP contribution < -0.4 is 11.2 Å². The molecule has 2 rings (SSSR count). The van der Waals surface area contributed by atoms with E-state index in [1.165, 1.54) is 7.11 Å². The van der Waals surface area contributed by atoms with Gasteiger partial charge in [-0.05, 0) is 0 Å². The Morgan fingerprint density at radius 1 is 1.53 bits per heavy atom. The highest BCUT2D eigenvalue weighted by Crippen LogP contribution is 2.21. The van der Waals surface area contributed by atoms with E-state index in [0.29, 0.717) is 0 Å². The minimum absolute atomic E-state index is 0.161. The monoisotopic (exact) mass is 274 g/mol. The van der Waals surface area contributed by atoms with E-state index in [0.717, 1.165) is 16.8 Å². The Balaban J connectivity index is 2.21. The number of rotatable bonds is 5. The first-order valence-corrected chi connectivity index (χ1v) is 5.53. The number of nitrogens with one attached hydrogen (secondary N) is 1. The van der Waals surface area contributed by atoms with Crippen LogP contribution in [0.2, 0.25) is 0 Å². The largest absolute Gasteiger partial charge is 0.387 e. The van der Waals surface area contributed by atoms with Crippen LogP contribution >= 0.6 is 0 Å². The van der Waals surface area contributed by atoms with Gasteiger partial charge in [0, 0.05) is 19.4 Å². The summed E-state index contributed by atoms with van der Waals surface area (Å²) in [6.07, 6.45) is -3.31. The van der Waals surface area contributed by atoms with Gasteiger partial charge in [-0.1, -0.05) is 0 Å². The van der Waals surface area contributed by atoms with Gasteiger partial charge in [-0.25, -0.2) is 14.6 Å². The molecule has 1 aromatic heterocycles. The standard InChI is InChI=1S/C10H14N2O7/c1-17-8(7(14)5-4-18-19-5)9(15)12-3-2-6(13)11-10(12)16/h2-3,5,7-9,14-15H,4H2,1H3,(H,11,13,16)/t5-,7+,8+,9+/m0/s1. The summed E-state index contributed by atoms with van der Waals surface area (Å²) in [5.41, 5.74) is -1.39. The maximum absolute atomic E-state index is 11.5. The average Bonchev–Trinajstić information content (AvgIpc) is 2.27. The Morgan fingerprint density at radius 2 is 2.21 bits per heavy atom. The molecule has 0 radical (unpaired) electrons. The number of nitrogens with zero attached hydrogens (tertiary/aromatic N) is 1. The third-order valence-corrected chi connectivity index (χ3v) is 2.84. The van der Waals surface area contributed by atoms with Gasteiger partial charge in [-0.2, -0.15) is 0 Å². The van der Waals surface area contributed by atoms with Gasteiger partial charge in [0.1, 0.15) is 24.9 Å². The van der Waals surface area contributed by atoms with Gasteiger partial charge < -0.3 is 14.9 Å². The molecule has 1 fully saturated rings. The van der Waals surface area contributed by atoms with Crippen LogP contribution in [0.25, 0.3) is 0 Å². The molecule has 0 unspecified atom stereocenters. The lowest BCUT2D eigenvalue weighted by Gasteiger charge is -2.35. The third-order valence-electron chi connectivity index (χ3n) is 2.84. The number of aromatic nitrogens is 2. The third kappa shape index (κ3) is 2.74. The number of aliphatic hydroxyl groups is 2. The highest BCUT2D eigenvalue weighted by molar-refractivity contribution is 4.89. The number of hydrogen-bond acceptors (Lipinski definition) is 7. The molecule has 0 spiro atoms. The zero-order valence-corrected chi connectivity index (χ0v) is 10.1. The van der Waals surface area contributed by atoms with Crippen LogP contribution in [0.3, 0.4) is 0 Å². The molecule has 0 aromatic carbocycles. The number of aliphatic hydroxyl groups excluding tert-OH is 2. The summed E-state index contributed by atoms with van der Waals surface area (Å²) in [6, 6.07) is 1.08. The highest BCUT2D eigenvalue weighted by Gasteiger charge is 2.39. The number of methoxy groups -OCH3 is 1. The van der Waals surface area contributed by atoms with Gasteiger partial charge in [0.25, 0.3) is 5.56 Å². The van der Waals surface area contributed by atoms with E-state index in [2.05, 4.69) is 9.78 Å². The van der Waals surface area contributed by atoms with E-state index in [-0.39, 0.29) is 6.61 Å². The average molecular weight is 274 g/mol. The first-order chi connectivity index (χ1) is 9.04. The van der Waals surface area contributed by atoms with Crippen LogP contribution in [0.1, 0.15) is 6.23 Å². The van der Waals surface area contributed by atoms with E-state index in [4.69, 9.17) is 4.74 Å². The van der Waals surface area contributed by atoms with Crippen molar-refractivity contribution in [2.45, 2.75) is 24.5 Å². The van der Waals surface area contributed by atoms with Crippen molar-refractivity contribution >= 4 is 0 Å². The fraction of sp³-hybridized carbons (Fsp3) is 0.600. The SMILES string of the molecule is CO[C@H]([C@H](O)[C@@H]1COO1)[C@@H](O)n1ccc(=O)[nH]c1=O. The number of ether oxygens (including phenoxy) is 1. The van der Waals surface area contributed by atoms with Crippen LogP contribution in [-0.2, 0) is 14.5 Å².